The fourth-order valence-corrected chi connectivity index (χ4v) is 4.58. The van der Waals surface area contributed by atoms with Crippen LogP contribution in [0, 0.1) is 13.8 Å². The van der Waals surface area contributed by atoms with Gasteiger partial charge in [-0.3, -0.25) is 9.69 Å². The second kappa shape index (κ2) is 8.68. The zero-order valence-corrected chi connectivity index (χ0v) is 17.6. The monoisotopic (exact) mass is 392 g/mol. The number of hydrogen-bond donors (Lipinski definition) is 1. The molecule has 154 valence electrons. The van der Waals surface area contributed by atoms with E-state index in [0.29, 0.717) is 12.1 Å². The van der Waals surface area contributed by atoms with Gasteiger partial charge in [0.15, 0.2) is 0 Å². The molecule has 2 aliphatic rings. The second-order valence-electron chi connectivity index (χ2n) is 8.73. The van der Waals surface area contributed by atoms with Gasteiger partial charge in [0.05, 0.1) is 11.7 Å². The Morgan fingerprint density at radius 3 is 2.55 bits per heavy atom. The maximum Gasteiger partial charge on any atom is 0.251 e. The third kappa shape index (κ3) is 4.88. The van der Waals surface area contributed by atoms with Gasteiger partial charge < -0.3 is 10.1 Å². The third-order valence-electron chi connectivity index (χ3n) is 6.61. The molecule has 1 atom stereocenters. The number of carbonyl (C=O) groups is 1. The highest BCUT2D eigenvalue weighted by molar-refractivity contribution is 5.94. The topological polar surface area (TPSA) is 41.6 Å². The second-order valence-corrected chi connectivity index (χ2v) is 8.73. The number of piperidine rings is 1. The quantitative estimate of drug-likeness (QED) is 0.827. The van der Waals surface area contributed by atoms with Crippen LogP contribution in [0.25, 0.3) is 0 Å². The molecule has 2 heterocycles. The zero-order valence-electron chi connectivity index (χ0n) is 17.6. The lowest BCUT2D eigenvalue weighted by molar-refractivity contribution is -0.0764. The molecule has 0 aliphatic carbocycles. The number of aryl methyl sites for hydroxylation is 2. The molecule has 4 rings (SSSR count). The first kappa shape index (κ1) is 20.1. The molecule has 4 nitrogen and oxygen atoms in total. The van der Waals surface area contributed by atoms with E-state index in [4.69, 9.17) is 4.74 Å². The lowest BCUT2D eigenvalue weighted by Gasteiger charge is -2.39. The van der Waals surface area contributed by atoms with Gasteiger partial charge in [-0.15, -0.1) is 0 Å². The van der Waals surface area contributed by atoms with Crippen LogP contribution >= 0.6 is 0 Å². The van der Waals surface area contributed by atoms with E-state index in [9.17, 15) is 4.79 Å². The number of hydrogen-bond acceptors (Lipinski definition) is 3. The summed E-state index contributed by atoms with van der Waals surface area (Å²) in [5, 5.41) is 3.04. The van der Waals surface area contributed by atoms with E-state index in [-0.39, 0.29) is 17.6 Å². The molecule has 0 aromatic heterocycles. The summed E-state index contributed by atoms with van der Waals surface area (Å²) in [5.41, 5.74) is 4.85. The first-order valence-corrected chi connectivity index (χ1v) is 10.8. The summed E-state index contributed by atoms with van der Waals surface area (Å²) >= 11 is 0. The number of nitrogens with one attached hydrogen (secondary N) is 1. The molecule has 2 aliphatic heterocycles. The summed E-state index contributed by atoms with van der Waals surface area (Å²) in [5.74, 6) is -0.0154. The molecule has 0 saturated carbocycles. The van der Waals surface area contributed by atoms with Crippen LogP contribution < -0.4 is 5.32 Å². The van der Waals surface area contributed by atoms with E-state index >= 15 is 0 Å². The maximum atomic E-state index is 12.3. The molecular weight excluding hydrogens is 360 g/mol. The molecule has 2 fully saturated rings. The fourth-order valence-electron chi connectivity index (χ4n) is 4.58. The van der Waals surface area contributed by atoms with E-state index in [0.717, 1.165) is 45.3 Å². The van der Waals surface area contributed by atoms with Crippen LogP contribution in [-0.2, 0) is 11.3 Å². The first-order chi connectivity index (χ1) is 14.0. The fraction of sp³-hybridized carbons (Fsp3) is 0.480. The van der Waals surface area contributed by atoms with Crippen molar-refractivity contribution in [2.24, 2.45) is 0 Å². The molecule has 29 heavy (non-hydrogen) atoms. The summed E-state index contributed by atoms with van der Waals surface area (Å²) in [6, 6.07) is 16.2. The minimum Gasteiger partial charge on any atom is -0.370 e. The molecule has 0 bridgehead atoms. The van der Waals surface area contributed by atoms with Crippen LogP contribution in [0.1, 0.15) is 52.7 Å². The summed E-state index contributed by atoms with van der Waals surface area (Å²) in [6.45, 7) is 8.13. The SMILES string of the molecule is Cc1ccc(CN2CCC3(CC[C@@H](CNC(=O)c4ccccc4)O3)CC2)cc1C. The summed E-state index contributed by atoms with van der Waals surface area (Å²) in [6.07, 6.45) is 4.44. The Kier molecular flexibility index (Phi) is 6.02. The standard InChI is InChI=1S/C25H32N2O2/c1-19-8-9-21(16-20(19)2)18-27-14-12-25(13-15-27)11-10-23(29-25)17-26-24(28)22-6-4-3-5-7-22/h3-9,16,23H,10-15,17-18H2,1-2H3,(H,26,28)/t23-/m0/s1. The van der Waals surface area contributed by atoms with Crippen molar-refractivity contribution in [3.63, 3.8) is 0 Å². The van der Waals surface area contributed by atoms with E-state index in [1.807, 2.05) is 30.3 Å². The molecule has 2 aromatic rings. The zero-order chi connectivity index (χ0) is 20.3. The van der Waals surface area contributed by atoms with Crippen molar-refractivity contribution >= 4 is 5.91 Å². The molecule has 2 saturated heterocycles. The summed E-state index contributed by atoms with van der Waals surface area (Å²) in [4.78, 5) is 14.8. The van der Waals surface area contributed by atoms with Gasteiger partial charge >= 0.3 is 0 Å². The first-order valence-electron chi connectivity index (χ1n) is 10.8. The predicted molar refractivity (Wildman–Crippen MR) is 116 cm³/mol. The largest absolute Gasteiger partial charge is 0.370 e. The Hall–Kier alpha value is -2.17. The van der Waals surface area contributed by atoms with Crippen molar-refractivity contribution in [1.82, 2.24) is 10.2 Å². The maximum absolute atomic E-state index is 12.3. The van der Waals surface area contributed by atoms with Gasteiger partial charge in [0, 0.05) is 31.7 Å². The van der Waals surface area contributed by atoms with E-state index in [1.165, 1.54) is 16.7 Å². The molecular formula is C25H32N2O2. The molecule has 1 spiro atoms. The van der Waals surface area contributed by atoms with Crippen LogP contribution in [0.2, 0.25) is 0 Å². The van der Waals surface area contributed by atoms with Gasteiger partial charge in [0.2, 0.25) is 0 Å². The Bertz CT molecular complexity index is 841. The molecule has 2 aromatic carbocycles. The van der Waals surface area contributed by atoms with Crippen molar-refractivity contribution in [1.29, 1.82) is 0 Å². The van der Waals surface area contributed by atoms with Crippen molar-refractivity contribution < 1.29 is 9.53 Å². The smallest absolute Gasteiger partial charge is 0.251 e. The van der Waals surface area contributed by atoms with Crippen LogP contribution in [0.4, 0.5) is 0 Å². The van der Waals surface area contributed by atoms with E-state index in [2.05, 4.69) is 42.3 Å². The Morgan fingerprint density at radius 1 is 1.07 bits per heavy atom. The van der Waals surface area contributed by atoms with Gasteiger partial charge in [0.1, 0.15) is 0 Å². The number of nitrogens with zero attached hydrogens (tertiary/aromatic N) is 1. The number of rotatable bonds is 5. The van der Waals surface area contributed by atoms with Gasteiger partial charge in [-0.2, -0.15) is 0 Å². The lowest BCUT2D eigenvalue weighted by Crippen LogP contribution is -2.44. The number of benzene rings is 2. The normalized spacial score (nSPS) is 21.4. The Morgan fingerprint density at radius 2 is 1.83 bits per heavy atom. The Labute approximate surface area is 174 Å². The highest BCUT2D eigenvalue weighted by atomic mass is 16.5. The van der Waals surface area contributed by atoms with Crippen LogP contribution in [-0.4, -0.2) is 42.1 Å². The van der Waals surface area contributed by atoms with Crippen molar-refractivity contribution in [2.45, 2.75) is 57.8 Å². The lowest BCUT2D eigenvalue weighted by atomic mass is 9.88. The molecule has 0 unspecified atom stereocenters. The van der Waals surface area contributed by atoms with E-state index < -0.39 is 0 Å². The van der Waals surface area contributed by atoms with Gasteiger partial charge in [-0.25, -0.2) is 0 Å². The average Bonchev–Trinajstić information content (AvgIpc) is 3.14. The van der Waals surface area contributed by atoms with Crippen molar-refractivity contribution in [3.05, 3.63) is 70.8 Å². The van der Waals surface area contributed by atoms with Gasteiger partial charge in [-0.05, 0) is 68.4 Å². The van der Waals surface area contributed by atoms with Crippen LogP contribution in [0.15, 0.2) is 48.5 Å². The van der Waals surface area contributed by atoms with Crippen LogP contribution in [0.5, 0.6) is 0 Å². The van der Waals surface area contributed by atoms with E-state index in [1.54, 1.807) is 0 Å². The number of carbonyl (C=O) groups excluding carboxylic acids is 1. The van der Waals surface area contributed by atoms with Gasteiger partial charge in [0.25, 0.3) is 5.91 Å². The van der Waals surface area contributed by atoms with Crippen molar-refractivity contribution in [3.8, 4) is 0 Å². The third-order valence-corrected chi connectivity index (χ3v) is 6.61. The van der Waals surface area contributed by atoms with Crippen LogP contribution in [0.3, 0.4) is 0 Å². The number of ether oxygens (including phenoxy) is 1. The average molecular weight is 393 g/mol. The predicted octanol–water partition coefficient (Wildman–Crippen LogP) is 4.25. The number of likely N-dealkylation sites (tertiary alicyclic amines) is 1. The molecule has 0 radical (unpaired) electrons. The molecule has 4 heteroatoms. The Balaban J connectivity index is 1.24. The minimum atomic E-state index is -0.0154. The van der Waals surface area contributed by atoms with Gasteiger partial charge in [-0.1, -0.05) is 36.4 Å². The number of amides is 1. The minimum absolute atomic E-state index is 0.0154. The highest BCUT2D eigenvalue weighted by Gasteiger charge is 2.42. The summed E-state index contributed by atoms with van der Waals surface area (Å²) in [7, 11) is 0. The molecule has 1 amide bonds. The molecule has 1 N–H and O–H groups in total. The highest BCUT2D eigenvalue weighted by Crippen LogP contribution is 2.39. The summed E-state index contributed by atoms with van der Waals surface area (Å²) < 4.78 is 6.47. The van der Waals surface area contributed by atoms with Crippen molar-refractivity contribution in [2.75, 3.05) is 19.6 Å².